The standard InChI is InChI=1S/C19H28N2O.ClH/c1-19(2)11-10-17(15-7-3-4-9-16(15)19)21-18(22)14-8-5-6-13(14)12-20;/h3-4,7,9,13-14,17H,5-6,8,10-12,20H2,1-2H3,(H,21,22);1H/t13-,14-,17?;/m1./s1. The fraction of sp³-hybridized carbons (Fsp3) is 0.632. The van der Waals surface area contributed by atoms with Crippen molar-refractivity contribution in [2.24, 2.45) is 17.6 Å². The summed E-state index contributed by atoms with van der Waals surface area (Å²) < 4.78 is 0. The molecule has 2 aliphatic carbocycles. The van der Waals surface area contributed by atoms with Gasteiger partial charge in [-0.1, -0.05) is 44.5 Å². The number of nitrogens with two attached hydrogens (primary N) is 1. The fourth-order valence-corrected chi connectivity index (χ4v) is 4.31. The summed E-state index contributed by atoms with van der Waals surface area (Å²) in [7, 11) is 0. The number of fused-ring (bicyclic) bond motifs is 1. The number of benzene rings is 1. The van der Waals surface area contributed by atoms with Crippen LogP contribution in [0.3, 0.4) is 0 Å². The minimum absolute atomic E-state index is 0. The Morgan fingerprint density at radius 1 is 1.26 bits per heavy atom. The molecule has 1 aromatic carbocycles. The Balaban J connectivity index is 0.00000192. The van der Waals surface area contributed by atoms with Crippen molar-refractivity contribution in [3.8, 4) is 0 Å². The first kappa shape index (κ1) is 18.3. The van der Waals surface area contributed by atoms with Gasteiger partial charge in [0.2, 0.25) is 5.91 Å². The maximum absolute atomic E-state index is 12.7. The molecule has 3 atom stereocenters. The molecule has 2 aliphatic rings. The Morgan fingerprint density at radius 3 is 2.74 bits per heavy atom. The molecule has 0 heterocycles. The molecule has 0 spiro atoms. The Bertz CT molecular complexity index is 558. The first-order chi connectivity index (χ1) is 10.5. The van der Waals surface area contributed by atoms with Gasteiger partial charge in [0.1, 0.15) is 0 Å². The molecule has 1 saturated carbocycles. The van der Waals surface area contributed by atoms with Gasteiger partial charge in [0.15, 0.2) is 0 Å². The molecular weight excluding hydrogens is 308 g/mol. The molecule has 1 aromatic rings. The lowest BCUT2D eigenvalue weighted by molar-refractivity contribution is -0.126. The van der Waals surface area contributed by atoms with E-state index < -0.39 is 0 Å². The lowest BCUT2D eigenvalue weighted by Crippen LogP contribution is -2.40. The number of amides is 1. The van der Waals surface area contributed by atoms with E-state index in [2.05, 4.69) is 43.4 Å². The maximum Gasteiger partial charge on any atom is 0.223 e. The molecular formula is C19H29ClN2O. The van der Waals surface area contributed by atoms with Crippen molar-refractivity contribution in [3.63, 3.8) is 0 Å². The molecule has 0 aromatic heterocycles. The van der Waals surface area contributed by atoms with Crippen molar-refractivity contribution in [2.45, 2.75) is 57.4 Å². The molecule has 1 amide bonds. The summed E-state index contributed by atoms with van der Waals surface area (Å²) in [5.74, 6) is 0.704. The van der Waals surface area contributed by atoms with Crippen LogP contribution in [0.25, 0.3) is 0 Å². The molecule has 3 N–H and O–H groups in total. The molecule has 0 radical (unpaired) electrons. The molecule has 1 fully saturated rings. The van der Waals surface area contributed by atoms with Gasteiger partial charge in [-0.25, -0.2) is 0 Å². The Labute approximate surface area is 145 Å². The zero-order valence-corrected chi connectivity index (χ0v) is 15.0. The predicted molar refractivity (Wildman–Crippen MR) is 96.7 cm³/mol. The monoisotopic (exact) mass is 336 g/mol. The molecule has 23 heavy (non-hydrogen) atoms. The van der Waals surface area contributed by atoms with E-state index >= 15 is 0 Å². The topological polar surface area (TPSA) is 55.1 Å². The van der Waals surface area contributed by atoms with E-state index in [4.69, 9.17) is 5.73 Å². The highest BCUT2D eigenvalue weighted by molar-refractivity contribution is 5.85. The lowest BCUT2D eigenvalue weighted by Gasteiger charge is -2.38. The van der Waals surface area contributed by atoms with Gasteiger partial charge < -0.3 is 11.1 Å². The third-order valence-corrected chi connectivity index (χ3v) is 5.74. The zero-order valence-electron chi connectivity index (χ0n) is 14.2. The van der Waals surface area contributed by atoms with Gasteiger partial charge in [0, 0.05) is 5.92 Å². The minimum atomic E-state index is 0. The molecule has 0 aliphatic heterocycles. The highest BCUT2D eigenvalue weighted by Gasteiger charge is 2.36. The average Bonchev–Trinajstić information content (AvgIpc) is 2.99. The van der Waals surface area contributed by atoms with Crippen molar-refractivity contribution in [3.05, 3.63) is 35.4 Å². The van der Waals surface area contributed by atoms with Gasteiger partial charge in [-0.15, -0.1) is 12.4 Å². The summed E-state index contributed by atoms with van der Waals surface area (Å²) in [5.41, 5.74) is 8.71. The van der Waals surface area contributed by atoms with E-state index in [0.29, 0.717) is 12.5 Å². The number of nitrogens with one attached hydrogen (secondary N) is 1. The van der Waals surface area contributed by atoms with Crippen LogP contribution in [-0.2, 0) is 10.2 Å². The number of carbonyl (C=O) groups is 1. The number of hydrogen-bond donors (Lipinski definition) is 2. The van der Waals surface area contributed by atoms with E-state index in [-0.39, 0.29) is 35.7 Å². The Hall–Kier alpha value is -1.06. The van der Waals surface area contributed by atoms with E-state index in [1.165, 1.54) is 11.1 Å². The van der Waals surface area contributed by atoms with Crippen molar-refractivity contribution in [1.29, 1.82) is 0 Å². The predicted octanol–water partition coefficient (Wildman–Crippen LogP) is 3.71. The number of rotatable bonds is 3. The van der Waals surface area contributed by atoms with Crippen LogP contribution in [-0.4, -0.2) is 12.5 Å². The second-order valence-corrected chi connectivity index (χ2v) is 7.60. The molecule has 0 saturated heterocycles. The first-order valence-electron chi connectivity index (χ1n) is 8.63. The molecule has 1 unspecified atom stereocenters. The average molecular weight is 337 g/mol. The summed E-state index contributed by atoms with van der Waals surface area (Å²) in [4.78, 5) is 12.7. The summed E-state index contributed by atoms with van der Waals surface area (Å²) in [6, 6.07) is 8.74. The van der Waals surface area contributed by atoms with Crippen LogP contribution in [0.15, 0.2) is 24.3 Å². The SMILES string of the molecule is CC1(C)CCC(NC(=O)[C@@H]2CCC[C@@H]2CN)c2ccccc21.Cl. The molecule has 0 bridgehead atoms. The zero-order chi connectivity index (χ0) is 15.7. The van der Waals surface area contributed by atoms with Gasteiger partial charge in [-0.2, -0.15) is 0 Å². The second-order valence-electron chi connectivity index (χ2n) is 7.60. The Kier molecular flexibility index (Phi) is 5.74. The van der Waals surface area contributed by atoms with Crippen LogP contribution in [0, 0.1) is 11.8 Å². The van der Waals surface area contributed by atoms with Crippen LogP contribution in [0.1, 0.15) is 63.1 Å². The largest absolute Gasteiger partial charge is 0.349 e. The van der Waals surface area contributed by atoms with Gasteiger partial charge >= 0.3 is 0 Å². The summed E-state index contributed by atoms with van der Waals surface area (Å²) in [5, 5.41) is 3.32. The van der Waals surface area contributed by atoms with Crippen LogP contribution in [0.5, 0.6) is 0 Å². The van der Waals surface area contributed by atoms with E-state index in [1.807, 2.05) is 0 Å². The highest BCUT2D eigenvalue weighted by Crippen LogP contribution is 2.41. The second kappa shape index (κ2) is 7.23. The summed E-state index contributed by atoms with van der Waals surface area (Å²) in [6.45, 7) is 5.23. The molecule has 3 rings (SSSR count). The summed E-state index contributed by atoms with van der Waals surface area (Å²) in [6.07, 6.45) is 5.36. The van der Waals surface area contributed by atoms with Crippen molar-refractivity contribution < 1.29 is 4.79 Å². The van der Waals surface area contributed by atoms with Crippen LogP contribution in [0.2, 0.25) is 0 Å². The third kappa shape index (κ3) is 3.56. The van der Waals surface area contributed by atoms with Crippen LogP contribution in [0.4, 0.5) is 0 Å². The highest BCUT2D eigenvalue weighted by atomic mass is 35.5. The lowest BCUT2D eigenvalue weighted by atomic mass is 9.71. The molecule has 3 nitrogen and oxygen atoms in total. The molecule has 128 valence electrons. The van der Waals surface area contributed by atoms with Gasteiger partial charge in [0.25, 0.3) is 0 Å². The van der Waals surface area contributed by atoms with Gasteiger partial charge in [0.05, 0.1) is 6.04 Å². The fourth-order valence-electron chi connectivity index (χ4n) is 4.31. The Morgan fingerprint density at radius 2 is 2.00 bits per heavy atom. The van der Waals surface area contributed by atoms with Gasteiger partial charge in [-0.3, -0.25) is 4.79 Å². The maximum atomic E-state index is 12.7. The summed E-state index contributed by atoms with van der Waals surface area (Å²) >= 11 is 0. The normalized spacial score (nSPS) is 28.6. The quantitative estimate of drug-likeness (QED) is 0.884. The van der Waals surface area contributed by atoms with Crippen LogP contribution < -0.4 is 11.1 Å². The third-order valence-electron chi connectivity index (χ3n) is 5.74. The molecule has 4 heteroatoms. The van der Waals surface area contributed by atoms with Crippen molar-refractivity contribution in [1.82, 2.24) is 5.32 Å². The van der Waals surface area contributed by atoms with E-state index in [1.54, 1.807) is 0 Å². The number of hydrogen-bond acceptors (Lipinski definition) is 2. The van der Waals surface area contributed by atoms with Crippen molar-refractivity contribution in [2.75, 3.05) is 6.54 Å². The number of halogens is 1. The van der Waals surface area contributed by atoms with Gasteiger partial charge in [-0.05, 0) is 54.7 Å². The van der Waals surface area contributed by atoms with Crippen LogP contribution >= 0.6 is 12.4 Å². The van der Waals surface area contributed by atoms with E-state index in [0.717, 1.165) is 32.1 Å². The minimum Gasteiger partial charge on any atom is -0.349 e. The van der Waals surface area contributed by atoms with E-state index in [9.17, 15) is 4.79 Å². The first-order valence-corrected chi connectivity index (χ1v) is 8.63. The smallest absolute Gasteiger partial charge is 0.223 e. The van der Waals surface area contributed by atoms with Crippen molar-refractivity contribution >= 4 is 18.3 Å². The number of carbonyl (C=O) groups excluding carboxylic acids is 1.